The maximum absolute atomic E-state index is 14.2. The second-order valence-electron chi connectivity index (χ2n) is 5.85. The number of alkyl halides is 1. The normalized spacial score (nSPS) is 26.3. The Morgan fingerprint density at radius 1 is 1.38 bits per heavy atom. The third kappa shape index (κ3) is 2.71. The van der Waals surface area contributed by atoms with Gasteiger partial charge in [-0.05, 0) is 38.5 Å². The van der Waals surface area contributed by atoms with Gasteiger partial charge in [0.1, 0.15) is 23.7 Å². The van der Waals surface area contributed by atoms with E-state index in [4.69, 9.17) is 0 Å². The van der Waals surface area contributed by atoms with Crippen molar-refractivity contribution in [3.63, 3.8) is 0 Å². The number of hydrogen-bond acceptors (Lipinski definition) is 4. The maximum atomic E-state index is 14.2. The molecule has 1 aromatic rings. The molecule has 2 N–H and O–H groups in total. The first-order valence-corrected chi connectivity index (χ1v) is 6.81. The van der Waals surface area contributed by atoms with Crippen LogP contribution in [0.4, 0.5) is 10.2 Å². The summed E-state index contributed by atoms with van der Waals surface area (Å²) in [6.07, 6.45) is -0.590. The Bertz CT molecular complexity index is 580. The minimum absolute atomic E-state index is 0.327. The highest BCUT2D eigenvalue weighted by atomic mass is 19.1. The van der Waals surface area contributed by atoms with Crippen molar-refractivity contribution in [2.45, 2.75) is 44.7 Å². The molecule has 114 valence electrons. The van der Waals surface area contributed by atoms with Crippen LogP contribution in [-0.2, 0) is 5.67 Å². The summed E-state index contributed by atoms with van der Waals surface area (Å²) in [6, 6.07) is 2.75. The molecule has 1 saturated heterocycles. The van der Waals surface area contributed by atoms with Crippen LogP contribution < -0.4 is 4.90 Å². The zero-order valence-corrected chi connectivity index (χ0v) is 12.5. The van der Waals surface area contributed by atoms with Crippen molar-refractivity contribution in [1.82, 2.24) is 4.98 Å². The summed E-state index contributed by atoms with van der Waals surface area (Å²) in [5.74, 6) is 0.446. The van der Waals surface area contributed by atoms with Crippen LogP contribution in [0.25, 0.3) is 0 Å². The van der Waals surface area contributed by atoms with Gasteiger partial charge in [-0.1, -0.05) is 12.7 Å². The van der Waals surface area contributed by atoms with Crippen molar-refractivity contribution in [3.8, 4) is 0 Å². The fourth-order valence-electron chi connectivity index (χ4n) is 2.53. The molecule has 3 atom stereocenters. The molecule has 0 saturated carbocycles. The van der Waals surface area contributed by atoms with Crippen LogP contribution in [0.15, 0.2) is 37.1 Å². The number of rotatable bonds is 3. The molecule has 2 heterocycles. The second-order valence-corrected chi connectivity index (χ2v) is 5.85. The largest absolute Gasteiger partial charge is 0.387 e. The Hall–Kier alpha value is -1.72. The Labute approximate surface area is 124 Å². The van der Waals surface area contributed by atoms with E-state index >= 15 is 0 Å². The lowest BCUT2D eigenvalue weighted by atomic mass is 10.00. The van der Waals surface area contributed by atoms with E-state index in [9.17, 15) is 14.6 Å². The lowest BCUT2D eigenvalue weighted by Crippen LogP contribution is -2.34. The molecule has 1 aromatic heterocycles. The molecular weight excluding hydrogens is 271 g/mol. The summed E-state index contributed by atoms with van der Waals surface area (Å²) in [7, 11) is 0. The lowest BCUT2D eigenvalue weighted by molar-refractivity contribution is 0.0576. The fourth-order valence-corrected chi connectivity index (χ4v) is 2.53. The lowest BCUT2D eigenvalue weighted by Gasteiger charge is -2.26. The van der Waals surface area contributed by atoms with E-state index < -0.39 is 23.9 Å². The van der Waals surface area contributed by atoms with E-state index in [-0.39, 0.29) is 0 Å². The van der Waals surface area contributed by atoms with Crippen LogP contribution in [0.1, 0.15) is 25.1 Å². The molecule has 1 fully saturated rings. The highest BCUT2D eigenvalue weighted by Crippen LogP contribution is 2.35. The highest BCUT2D eigenvalue weighted by Gasteiger charge is 2.42. The van der Waals surface area contributed by atoms with Gasteiger partial charge in [-0.25, -0.2) is 9.37 Å². The van der Waals surface area contributed by atoms with Crippen molar-refractivity contribution >= 4 is 5.82 Å². The first kappa shape index (κ1) is 15.7. The van der Waals surface area contributed by atoms with Gasteiger partial charge < -0.3 is 15.1 Å². The van der Waals surface area contributed by atoms with Gasteiger partial charge in [0, 0.05) is 11.4 Å². The SMILES string of the molecule is C=CC1C(O)C(O)C(=C)N1c1cc(C(C)(C)F)cc(C)n1. The predicted molar refractivity (Wildman–Crippen MR) is 80.7 cm³/mol. The van der Waals surface area contributed by atoms with Gasteiger partial charge in [-0.3, -0.25) is 0 Å². The number of aryl methyl sites for hydroxylation is 1. The molecule has 0 aromatic carbocycles. The first-order chi connectivity index (χ1) is 9.66. The topological polar surface area (TPSA) is 56.6 Å². The average molecular weight is 292 g/mol. The molecule has 2 rings (SSSR count). The zero-order valence-electron chi connectivity index (χ0n) is 12.5. The summed E-state index contributed by atoms with van der Waals surface area (Å²) in [6.45, 7) is 12.2. The Kier molecular flexibility index (Phi) is 3.91. The highest BCUT2D eigenvalue weighted by molar-refractivity contribution is 5.55. The molecule has 3 unspecified atom stereocenters. The number of anilines is 1. The van der Waals surface area contributed by atoms with E-state index in [0.717, 1.165) is 0 Å². The zero-order chi connectivity index (χ0) is 15.9. The van der Waals surface area contributed by atoms with Crippen molar-refractivity contribution < 1.29 is 14.6 Å². The minimum atomic E-state index is -1.51. The first-order valence-electron chi connectivity index (χ1n) is 6.81. The van der Waals surface area contributed by atoms with Crippen molar-refractivity contribution in [3.05, 3.63) is 48.3 Å². The summed E-state index contributed by atoms with van der Waals surface area (Å²) in [4.78, 5) is 5.98. The molecule has 1 aliphatic heterocycles. The molecular formula is C16H21FN2O2. The van der Waals surface area contributed by atoms with E-state index in [0.29, 0.717) is 22.8 Å². The van der Waals surface area contributed by atoms with Crippen molar-refractivity contribution in [2.24, 2.45) is 0 Å². The average Bonchev–Trinajstić information content (AvgIpc) is 2.61. The smallest absolute Gasteiger partial charge is 0.134 e. The molecule has 0 bridgehead atoms. The number of aliphatic hydroxyl groups excluding tert-OH is 2. The molecule has 0 amide bonds. The third-order valence-corrected chi connectivity index (χ3v) is 3.74. The number of halogens is 1. The Balaban J connectivity index is 2.53. The van der Waals surface area contributed by atoms with E-state index in [1.807, 2.05) is 0 Å². The summed E-state index contributed by atoms with van der Waals surface area (Å²) >= 11 is 0. The Morgan fingerprint density at radius 3 is 2.52 bits per heavy atom. The van der Waals surface area contributed by atoms with Crippen LogP contribution in [0.5, 0.6) is 0 Å². The number of nitrogens with zero attached hydrogens (tertiary/aromatic N) is 2. The summed E-state index contributed by atoms with van der Waals surface area (Å²) in [5.41, 5.74) is -0.0472. The van der Waals surface area contributed by atoms with Crippen LogP contribution in [0.2, 0.25) is 0 Å². The van der Waals surface area contributed by atoms with E-state index in [1.165, 1.54) is 19.9 Å². The van der Waals surface area contributed by atoms with Crippen LogP contribution >= 0.6 is 0 Å². The quantitative estimate of drug-likeness (QED) is 0.839. The van der Waals surface area contributed by atoms with E-state index in [2.05, 4.69) is 18.1 Å². The standard InChI is InChI=1S/C16H21FN2O2/c1-6-12-15(21)14(20)10(3)19(12)13-8-11(16(4,5)17)7-9(2)18-13/h6-8,12,14-15,20-21H,1,3H2,2,4-5H3. The third-order valence-electron chi connectivity index (χ3n) is 3.74. The van der Waals surface area contributed by atoms with Gasteiger partial charge in [0.2, 0.25) is 0 Å². The van der Waals surface area contributed by atoms with Crippen molar-refractivity contribution in [1.29, 1.82) is 0 Å². The summed E-state index contributed by atoms with van der Waals surface area (Å²) in [5, 5.41) is 20.0. The molecule has 4 nitrogen and oxygen atoms in total. The van der Waals surface area contributed by atoms with Crippen LogP contribution in [0.3, 0.4) is 0 Å². The summed E-state index contributed by atoms with van der Waals surface area (Å²) < 4.78 is 14.2. The predicted octanol–water partition coefficient (Wildman–Crippen LogP) is 2.20. The van der Waals surface area contributed by atoms with Gasteiger partial charge in [0.25, 0.3) is 0 Å². The molecule has 1 aliphatic rings. The van der Waals surface area contributed by atoms with Crippen molar-refractivity contribution in [2.75, 3.05) is 4.90 Å². The Morgan fingerprint density at radius 2 is 2.00 bits per heavy atom. The molecule has 21 heavy (non-hydrogen) atoms. The second kappa shape index (κ2) is 5.24. The number of aliphatic hydroxyl groups is 2. The number of aromatic nitrogens is 1. The minimum Gasteiger partial charge on any atom is -0.387 e. The maximum Gasteiger partial charge on any atom is 0.134 e. The van der Waals surface area contributed by atoms with Gasteiger partial charge in [-0.15, -0.1) is 6.58 Å². The van der Waals surface area contributed by atoms with Gasteiger partial charge in [0.15, 0.2) is 0 Å². The number of hydrogen-bond donors (Lipinski definition) is 2. The van der Waals surface area contributed by atoms with Gasteiger partial charge in [0.05, 0.1) is 6.04 Å². The van der Waals surface area contributed by atoms with Crippen LogP contribution in [0, 0.1) is 6.92 Å². The fraction of sp³-hybridized carbons (Fsp3) is 0.438. The van der Waals surface area contributed by atoms with Gasteiger partial charge in [-0.2, -0.15) is 0 Å². The number of pyridine rings is 1. The molecule has 5 heteroatoms. The molecule has 0 aliphatic carbocycles. The monoisotopic (exact) mass is 292 g/mol. The van der Waals surface area contributed by atoms with Crippen LogP contribution in [-0.4, -0.2) is 33.4 Å². The molecule has 0 radical (unpaired) electrons. The molecule has 0 spiro atoms. The van der Waals surface area contributed by atoms with Gasteiger partial charge >= 0.3 is 0 Å². The van der Waals surface area contributed by atoms with E-state index in [1.54, 1.807) is 24.0 Å².